The quantitative estimate of drug-likeness (QED) is 0.379. The van der Waals surface area contributed by atoms with Gasteiger partial charge in [-0.2, -0.15) is 0 Å². The van der Waals surface area contributed by atoms with Crippen molar-refractivity contribution in [1.82, 2.24) is 4.90 Å². The Kier molecular flexibility index (Phi) is 5.69. The molecule has 0 spiro atoms. The number of aromatic hydroxyl groups is 1. The summed E-state index contributed by atoms with van der Waals surface area (Å²) in [6, 6.07) is 3.27. The van der Waals surface area contributed by atoms with Crippen LogP contribution < -0.4 is 9.47 Å². The van der Waals surface area contributed by atoms with Crippen molar-refractivity contribution in [1.29, 1.82) is 0 Å². The van der Waals surface area contributed by atoms with E-state index in [-0.39, 0.29) is 47.1 Å². The molecular weight excluding hydrogens is 474 g/mol. The van der Waals surface area contributed by atoms with Crippen LogP contribution in [0.1, 0.15) is 52.0 Å². The fourth-order valence-electron chi connectivity index (χ4n) is 6.48. The predicted molar refractivity (Wildman–Crippen MR) is 134 cm³/mol. The van der Waals surface area contributed by atoms with Gasteiger partial charge in [0.2, 0.25) is 17.6 Å². The molecule has 1 aromatic rings. The molecule has 1 aromatic carbocycles. The summed E-state index contributed by atoms with van der Waals surface area (Å²) in [5.74, 6) is -2.91. The summed E-state index contributed by atoms with van der Waals surface area (Å²) in [7, 11) is 2.84. The third kappa shape index (κ3) is 3.56. The Morgan fingerprint density at radius 3 is 2.16 bits per heavy atom. The Morgan fingerprint density at radius 2 is 1.59 bits per heavy atom. The molecule has 8 heteroatoms. The van der Waals surface area contributed by atoms with Crippen LogP contribution in [0.3, 0.4) is 0 Å². The molecule has 3 aliphatic carbocycles. The largest absolute Gasteiger partial charge is 0.502 e. The number of amides is 2. The Bertz CT molecular complexity index is 1330. The first-order valence-corrected chi connectivity index (χ1v) is 12.4. The average molecular weight is 506 g/mol. The molecule has 0 aromatic heterocycles. The van der Waals surface area contributed by atoms with Gasteiger partial charge < -0.3 is 14.6 Å². The third-order valence-electron chi connectivity index (χ3n) is 8.07. The summed E-state index contributed by atoms with van der Waals surface area (Å²) in [4.78, 5) is 55.2. The van der Waals surface area contributed by atoms with Crippen molar-refractivity contribution >= 4 is 23.4 Å². The van der Waals surface area contributed by atoms with Gasteiger partial charge >= 0.3 is 0 Å². The van der Waals surface area contributed by atoms with E-state index in [4.69, 9.17) is 9.47 Å². The molecule has 37 heavy (non-hydrogen) atoms. The van der Waals surface area contributed by atoms with E-state index in [9.17, 15) is 24.3 Å². The minimum atomic E-state index is -0.668. The normalized spacial score (nSPS) is 27.5. The lowest BCUT2D eigenvalue weighted by molar-refractivity contribution is -0.145. The molecule has 1 heterocycles. The number of carbonyl (C=O) groups excluding carboxylic acids is 4. The summed E-state index contributed by atoms with van der Waals surface area (Å²) in [6.45, 7) is 7.14. The zero-order chi connectivity index (χ0) is 27.0. The van der Waals surface area contributed by atoms with Gasteiger partial charge in [0.15, 0.2) is 23.1 Å². The van der Waals surface area contributed by atoms with Crippen LogP contribution in [0.5, 0.6) is 17.2 Å². The number of phenolic OH excluding ortho intramolecular Hbond substituents is 1. The summed E-state index contributed by atoms with van der Waals surface area (Å²) in [5, 5.41) is 10.5. The maximum Gasteiger partial charge on any atom is 0.234 e. The molecule has 2 amide bonds. The predicted octanol–water partition coefficient (Wildman–Crippen LogP) is 3.64. The lowest BCUT2D eigenvalue weighted by Crippen LogP contribution is -2.46. The Hall–Kier alpha value is -3.68. The lowest BCUT2D eigenvalue weighted by atomic mass is 9.59. The van der Waals surface area contributed by atoms with Crippen molar-refractivity contribution in [2.24, 2.45) is 17.8 Å². The number of carbonyl (C=O) groups is 4. The van der Waals surface area contributed by atoms with E-state index in [1.807, 2.05) is 26.8 Å². The minimum absolute atomic E-state index is 0.167. The molecule has 8 nitrogen and oxygen atoms in total. The van der Waals surface area contributed by atoms with Gasteiger partial charge in [0.05, 0.1) is 26.1 Å². The Labute approximate surface area is 215 Å². The number of rotatable bonds is 3. The highest BCUT2D eigenvalue weighted by Gasteiger charge is 2.58. The monoisotopic (exact) mass is 505 g/mol. The van der Waals surface area contributed by atoms with Crippen LogP contribution in [0.4, 0.5) is 0 Å². The molecular formula is C29H31NO7. The van der Waals surface area contributed by atoms with E-state index in [0.29, 0.717) is 28.7 Å². The van der Waals surface area contributed by atoms with Crippen molar-refractivity contribution in [2.75, 3.05) is 14.2 Å². The van der Waals surface area contributed by atoms with Gasteiger partial charge in [0.1, 0.15) is 0 Å². The SMILES string of the molecule is COc1cc([C@H]2C3=CC[C@@H]4C(=O)N(C(C)(C)C)C(=O)[C@@H]4[C@@H]3CC3=C2C(=O)C(C)=CC3=O)cc(OC)c1O. The van der Waals surface area contributed by atoms with Crippen LogP contribution in [-0.4, -0.2) is 53.1 Å². The fourth-order valence-corrected chi connectivity index (χ4v) is 6.48. The highest BCUT2D eigenvalue weighted by molar-refractivity contribution is 6.23. The summed E-state index contributed by atoms with van der Waals surface area (Å²) < 4.78 is 10.8. The number of imide groups is 1. The maximum atomic E-state index is 13.7. The number of nitrogens with zero attached hydrogens (tertiary/aromatic N) is 1. The van der Waals surface area contributed by atoms with Crippen molar-refractivity contribution < 1.29 is 33.8 Å². The van der Waals surface area contributed by atoms with Gasteiger partial charge in [0.25, 0.3) is 0 Å². The molecule has 1 fully saturated rings. The second-order valence-electron chi connectivity index (χ2n) is 11.2. The van der Waals surface area contributed by atoms with E-state index in [1.54, 1.807) is 19.1 Å². The first kappa shape index (κ1) is 25.0. The number of fused-ring (bicyclic) bond motifs is 3. The molecule has 0 bridgehead atoms. The summed E-state index contributed by atoms with van der Waals surface area (Å²) in [6.07, 6.45) is 3.91. The van der Waals surface area contributed by atoms with Crippen LogP contribution in [0.25, 0.3) is 0 Å². The highest BCUT2D eigenvalue weighted by Crippen LogP contribution is 2.56. The van der Waals surface area contributed by atoms with Gasteiger partial charge in [-0.3, -0.25) is 24.1 Å². The molecule has 1 N–H and O–H groups in total. The molecule has 0 saturated carbocycles. The summed E-state index contributed by atoms with van der Waals surface area (Å²) in [5.41, 5.74) is 1.88. The van der Waals surface area contributed by atoms with Crippen LogP contribution in [0.15, 0.2) is 46.6 Å². The standard InChI is InChI=1S/C29H31NO7/c1-13-9-19(31)18-12-17-15(7-8-16-23(17)28(35)30(27(16)34)29(2,3)4)22(24(18)25(13)32)14-10-20(36-5)26(33)21(11-14)37-6/h7,9-11,16-17,22-23,33H,8,12H2,1-6H3/t16-,17+,22-,23-/m0/s1. The number of phenols is 1. The van der Waals surface area contributed by atoms with Crippen molar-refractivity contribution in [3.05, 3.63) is 52.1 Å². The third-order valence-corrected chi connectivity index (χ3v) is 8.07. The number of benzene rings is 1. The van der Waals surface area contributed by atoms with Gasteiger partial charge in [-0.25, -0.2) is 0 Å². The van der Waals surface area contributed by atoms with Crippen LogP contribution in [0.2, 0.25) is 0 Å². The number of ketones is 2. The number of allylic oxidation sites excluding steroid dienone is 6. The van der Waals surface area contributed by atoms with E-state index in [2.05, 4.69) is 0 Å². The topological polar surface area (TPSA) is 110 Å². The minimum Gasteiger partial charge on any atom is -0.502 e. The molecule has 1 saturated heterocycles. The Balaban J connectivity index is 1.72. The molecule has 0 radical (unpaired) electrons. The van der Waals surface area contributed by atoms with E-state index in [0.717, 1.165) is 5.57 Å². The lowest BCUT2D eigenvalue weighted by Gasteiger charge is -2.42. The Morgan fingerprint density at radius 1 is 0.973 bits per heavy atom. The van der Waals surface area contributed by atoms with Gasteiger partial charge in [0, 0.05) is 28.2 Å². The summed E-state index contributed by atoms with van der Waals surface area (Å²) >= 11 is 0. The number of hydrogen-bond donors (Lipinski definition) is 1. The number of methoxy groups -OCH3 is 2. The fraction of sp³-hybridized carbons (Fsp3) is 0.448. The van der Waals surface area contributed by atoms with E-state index < -0.39 is 29.2 Å². The van der Waals surface area contributed by atoms with Crippen LogP contribution in [-0.2, 0) is 19.2 Å². The first-order chi connectivity index (χ1) is 17.4. The van der Waals surface area contributed by atoms with Gasteiger partial charge in [-0.1, -0.05) is 11.6 Å². The molecule has 0 unspecified atom stereocenters. The number of ether oxygens (including phenoxy) is 2. The molecule has 194 valence electrons. The average Bonchev–Trinajstić information content (AvgIpc) is 3.11. The molecule has 4 atom stereocenters. The van der Waals surface area contributed by atoms with Gasteiger partial charge in [-0.15, -0.1) is 0 Å². The van der Waals surface area contributed by atoms with Crippen LogP contribution >= 0.6 is 0 Å². The van der Waals surface area contributed by atoms with Crippen molar-refractivity contribution in [3.8, 4) is 17.2 Å². The van der Waals surface area contributed by atoms with Crippen molar-refractivity contribution in [2.45, 2.75) is 52.0 Å². The van der Waals surface area contributed by atoms with E-state index in [1.165, 1.54) is 25.2 Å². The zero-order valence-electron chi connectivity index (χ0n) is 21.9. The number of hydrogen-bond acceptors (Lipinski definition) is 7. The first-order valence-electron chi connectivity index (χ1n) is 12.4. The number of Topliss-reactive ketones (excluding diaryl/α,β-unsaturated/α-hetero) is 1. The molecule has 5 rings (SSSR count). The van der Waals surface area contributed by atoms with Crippen molar-refractivity contribution in [3.63, 3.8) is 0 Å². The highest BCUT2D eigenvalue weighted by atomic mass is 16.5. The van der Waals surface area contributed by atoms with Crippen LogP contribution in [0, 0.1) is 17.8 Å². The maximum absolute atomic E-state index is 13.7. The molecule has 4 aliphatic rings. The van der Waals surface area contributed by atoms with E-state index >= 15 is 0 Å². The second-order valence-corrected chi connectivity index (χ2v) is 11.2. The zero-order valence-corrected chi connectivity index (χ0v) is 21.9. The number of likely N-dealkylation sites (tertiary alicyclic amines) is 1. The smallest absolute Gasteiger partial charge is 0.234 e. The van der Waals surface area contributed by atoms with Gasteiger partial charge in [-0.05, 0) is 70.2 Å². The second kappa shape index (κ2) is 8.43. The molecule has 1 aliphatic heterocycles.